The largest absolute Gasteiger partial charge is 0.223 e. The zero-order valence-electron chi connectivity index (χ0n) is 8.26. The van der Waals surface area contributed by atoms with Crippen molar-refractivity contribution >= 4 is 32.8 Å². The van der Waals surface area contributed by atoms with Crippen molar-refractivity contribution in [1.82, 2.24) is 0 Å². The Morgan fingerprint density at radius 2 is 1.81 bits per heavy atom. The van der Waals surface area contributed by atoms with Crippen LogP contribution in [0.25, 0.3) is 0 Å². The number of sulfone groups is 1. The van der Waals surface area contributed by atoms with Crippen molar-refractivity contribution < 1.29 is 8.42 Å². The van der Waals surface area contributed by atoms with Crippen LogP contribution in [0.2, 0.25) is 5.02 Å². The third kappa shape index (κ3) is 2.64. The topological polar surface area (TPSA) is 34.1 Å². The summed E-state index contributed by atoms with van der Waals surface area (Å²) in [5.74, 6) is 0.0185. The molecule has 1 heterocycles. The summed E-state index contributed by atoms with van der Waals surface area (Å²) in [6.07, 6.45) is 0. The first-order chi connectivity index (χ1) is 7.58. The van der Waals surface area contributed by atoms with Gasteiger partial charge in [0, 0.05) is 5.02 Å². The average molecular weight is 273 g/mol. The SMILES string of the molecule is O=S(=O)(Cc1ccc(Cl)cc1)c1cccs1. The summed E-state index contributed by atoms with van der Waals surface area (Å²) in [6, 6.07) is 10.2. The van der Waals surface area contributed by atoms with Crippen LogP contribution in [0.1, 0.15) is 5.56 Å². The Labute approximate surface area is 103 Å². The van der Waals surface area contributed by atoms with Crippen molar-refractivity contribution in [3.63, 3.8) is 0 Å². The van der Waals surface area contributed by atoms with Crippen molar-refractivity contribution in [3.05, 3.63) is 52.4 Å². The van der Waals surface area contributed by atoms with Gasteiger partial charge in [-0.1, -0.05) is 29.8 Å². The summed E-state index contributed by atoms with van der Waals surface area (Å²) >= 11 is 6.97. The van der Waals surface area contributed by atoms with Gasteiger partial charge in [-0.25, -0.2) is 8.42 Å². The number of hydrogen-bond donors (Lipinski definition) is 0. The predicted molar refractivity (Wildman–Crippen MR) is 66.7 cm³/mol. The highest BCUT2D eigenvalue weighted by Gasteiger charge is 2.15. The molecule has 84 valence electrons. The molecule has 0 aliphatic heterocycles. The van der Waals surface area contributed by atoms with Gasteiger partial charge in [0.2, 0.25) is 0 Å². The van der Waals surface area contributed by atoms with Gasteiger partial charge >= 0.3 is 0 Å². The normalized spacial score (nSPS) is 11.6. The van der Waals surface area contributed by atoms with E-state index in [4.69, 9.17) is 11.6 Å². The molecule has 0 aliphatic rings. The molecule has 0 saturated heterocycles. The first kappa shape index (κ1) is 11.6. The van der Waals surface area contributed by atoms with E-state index >= 15 is 0 Å². The van der Waals surface area contributed by atoms with Crippen molar-refractivity contribution in [2.24, 2.45) is 0 Å². The Balaban J connectivity index is 2.25. The fourth-order valence-electron chi connectivity index (χ4n) is 1.31. The molecule has 0 bridgehead atoms. The van der Waals surface area contributed by atoms with Crippen LogP contribution >= 0.6 is 22.9 Å². The molecule has 0 unspecified atom stereocenters. The van der Waals surface area contributed by atoms with Gasteiger partial charge in [0.15, 0.2) is 9.84 Å². The lowest BCUT2D eigenvalue weighted by molar-refractivity contribution is 0.597. The molecule has 1 aromatic carbocycles. The van der Waals surface area contributed by atoms with E-state index in [-0.39, 0.29) is 5.75 Å². The van der Waals surface area contributed by atoms with E-state index in [9.17, 15) is 8.42 Å². The number of halogens is 1. The van der Waals surface area contributed by atoms with Crippen molar-refractivity contribution in [1.29, 1.82) is 0 Å². The van der Waals surface area contributed by atoms with E-state index in [1.165, 1.54) is 11.3 Å². The second-order valence-electron chi connectivity index (χ2n) is 3.32. The maximum atomic E-state index is 11.9. The van der Waals surface area contributed by atoms with Gasteiger partial charge in [0.05, 0.1) is 5.75 Å². The molecule has 0 atom stereocenters. The molecule has 0 amide bonds. The van der Waals surface area contributed by atoms with E-state index in [0.717, 1.165) is 5.56 Å². The van der Waals surface area contributed by atoms with E-state index < -0.39 is 9.84 Å². The molecule has 0 aliphatic carbocycles. The first-order valence-electron chi connectivity index (χ1n) is 4.59. The third-order valence-corrected chi connectivity index (χ3v) is 5.50. The molecule has 0 radical (unpaired) electrons. The minimum atomic E-state index is -3.21. The van der Waals surface area contributed by atoms with Gasteiger partial charge in [0.25, 0.3) is 0 Å². The van der Waals surface area contributed by atoms with Crippen LogP contribution in [0.5, 0.6) is 0 Å². The second kappa shape index (κ2) is 4.57. The van der Waals surface area contributed by atoms with Gasteiger partial charge in [-0.05, 0) is 29.1 Å². The summed E-state index contributed by atoms with van der Waals surface area (Å²) in [7, 11) is -3.21. The Hall–Kier alpha value is -0.840. The van der Waals surface area contributed by atoms with E-state index in [2.05, 4.69) is 0 Å². The molecule has 2 aromatic rings. The monoisotopic (exact) mass is 272 g/mol. The highest BCUT2D eigenvalue weighted by molar-refractivity contribution is 7.92. The van der Waals surface area contributed by atoms with Crippen LogP contribution in [-0.2, 0) is 15.6 Å². The number of hydrogen-bond acceptors (Lipinski definition) is 3. The van der Waals surface area contributed by atoms with Crippen LogP contribution in [-0.4, -0.2) is 8.42 Å². The summed E-state index contributed by atoms with van der Waals surface area (Å²) in [5.41, 5.74) is 0.748. The summed E-state index contributed by atoms with van der Waals surface area (Å²) in [4.78, 5) is 0. The smallest absolute Gasteiger partial charge is 0.191 e. The Morgan fingerprint density at radius 1 is 1.12 bits per heavy atom. The zero-order valence-corrected chi connectivity index (χ0v) is 10.6. The lowest BCUT2D eigenvalue weighted by Crippen LogP contribution is -2.02. The van der Waals surface area contributed by atoms with Gasteiger partial charge in [0.1, 0.15) is 4.21 Å². The summed E-state index contributed by atoms with van der Waals surface area (Å²) < 4.78 is 24.3. The highest BCUT2D eigenvalue weighted by atomic mass is 35.5. The lowest BCUT2D eigenvalue weighted by Gasteiger charge is -2.02. The lowest BCUT2D eigenvalue weighted by atomic mass is 10.2. The molecule has 0 fully saturated rings. The standard InChI is InChI=1S/C11H9ClO2S2/c12-10-5-3-9(4-6-10)8-16(13,14)11-2-1-7-15-11/h1-7H,8H2. The fraction of sp³-hybridized carbons (Fsp3) is 0.0909. The van der Waals surface area contributed by atoms with E-state index in [1.54, 1.807) is 41.8 Å². The maximum Gasteiger partial charge on any atom is 0.191 e. The van der Waals surface area contributed by atoms with Gasteiger partial charge in [-0.2, -0.15) is 0 Å². The first-order valence-corrected chi connectivity index (χ1v) is 7.50. The Morgan fingerprint density at radius 3 is 2.38 bits per heavy atom. The van der Waals surface area contributed by atoms with Crippen molar-refractivity contribution in [2.75, 3.05) is 0 Å². The quantitative estimate of drug-likeness (QED) is 0.858. The molecule has 2 nitrogen and oxygen atoms in total. The van der Waals surface area contributed by atoms with Crippen LogP contribution < -0.4 is 0 Å². The molecular weight excluding hydrogens is 264 g/mol. The molecule has 0 spiro atoms. The molecule has 2 rings (SSSR count). The molecule has 5 heteroatoms. The van der Waals surface area contributed by atoms with Gasteiger partial charge in [-0.3, -0.25) is 0 Å². The molecule has 16 heavy (non-hydrogen) atoms. The summed E-state index contributed by atoms with van der Waals surface area (Å²) in [5, 5.41) is 2.37. The third-order valence-electron chi connectivity index (χ3n) is 2.07. The van der Waals surface area contributed by atoms with Crippen LogP contribution in [0.15, 0.2) is 46.0 Å². The molecule has 0 saturated carbocycles. The highest BCUT2D eigenvalue weighted by Crippen LogP contribution is 2.21. The van der Waals surface area contributed by atoms with Crippen LogP contribution in [0.3, 0.4) is 0 Å². The van der Waals surface area contributed by atoms with Crippen LogP contribution in [0.4, 0.5) is 0 Å². The number of rotatable bonds is 3. The fourth-order valence-corrected chi connectivity index (χ4v) is 3.88. The zero-order chi connectivity index (χ0) is 11.6. The van der Waals surface area contributed by atoms with E-state index in [0.29, 0.717) is 9.23 Å². The van der Waals surface area contributed by atoms with Gasteiger partial charge in [-0.15, -0.1) is 11.3 Å². The Bertz CT molecular complexity index is 557. The van der Waals surface area contributed by atoms with Crippen LogP contribution in [0, 0.1) is 0 Å². The number of thiophene rings is 1. The maximum absolute atomic E-state index is 11.9. The van der Waals surface area contributed by atoms with Gasteiger partial charge < -0.3 is 0 Å². The average Bonchev–Trinajstić information content (AvgIpc) is 2.75. The predicted octanol–water partition coefficient (Wildman–Crippen LogP) is 3.38. The molecular formula is C11H9ClO2S2. The molecule has 0 N–H and O–H groups in total. The van der Waals surface area contributed by atoms with Crippen molar-refractivity contribution in [3.8, 4) is 0 Å². The number of benzene rings is 1. The minimum absolute atomic E-state index is 0.0185. The summed E-state index contributed by atoms with van der Waals surface area (Å²) in [6.45, 7) is 0. The second-order valence-corrected chi connectivity index (χ2v) is 6.92. The Kier molecular flexibility index (Phi) is 3.33. The minimum Gasteiger partial charge on any atom is -0.223 e. The molecule has 1 aromatic heterocycles. The van der Waals surface area contributed by atoms with E-state index in [1.807, 2.05) is 0 Å². The van der Waals surface area contributed by atoms with Crippen molar-refractivity contribution in [2.45, 2.75) is 9.96 Å².